The maximum absolute atomic E-state index is 7.50. The molecule has 6 aliphatic rings. The second kappa shape index (κ2) is 25.6. The molecule has 6 aliphatic carbocycles. The molecule has 0 aromatic heterocycles. The van der Waals surface area contributed by atoms with Crippen LogP contribution in [0, 0.1) is 0 Å². The zero-order valence-corrected chi connectivity index (χ0v) is 34.9. The second-order valence-electron chi connectivity index (χ2n) is 16.0. The molecule has 1 aromatic rings. The van der Waals surface area contributed by atoms with Crippen LogP contribution in [-0.2, 0) is 20.9 Å². The molecule has 48 heavy (non-hydrogen) atoms. The van der Waals surface area contributed by atoms with E-state index in [0.717, 1.165) is 0 Å². The van der Waals surface area contributed by atoms with Crippen molar-refractivity contribution in [1.29, 1.82) is 0 Å². The third kappa shape index (κ3) is 14.2. The van der Waals surface area contributed by atoms with Crippen LogP contribution in [0.5, 0.6) is 0 Å². The average Bonchev–Trinajstić information content (AvgIpc) is 3.19. The molecule has 0 unspecified atom stereocenters. The molecular weight excluding hydrogens is 731 g/mol. The zero-order chi connectivity index (χ0) is 33.7. The van der Waals surface area contributed by atoms with Crippen molar-refractivity contribution < 1.29 is 20.9 Å². The third-order valence-corrected chi connectivity index (χ3v) is 22.8. The van der Waals surface area contributed by atoms with E-state index in [0.29, 0.717) is 15.8 Å². The quantitative estimate of drug-likeness (QED) is 0.198. The van der Waals surface area contributed by atoms with Crippen LogP contribution in [0.1, 0.15) is 193 Å². The fraction of sp³-hybridized carbons (Fsp3) is 0.837. The van der Waals surface area contributed by atoms with Gasteiger partial charge in [-0.2, -0.15) is 0 Å². The summed E-state index contributed by atoms with van der Waals surface area (Å²) in [6.45, 7) is 4.50. The molecule has 0 saturated heterocycles. The predicted molar refractivity (Wildman–Crippen MR) is 213 cm³/mol. The summed E-state index contributed by atoms with van der Waals surface area (Å²) in [4.78, 5) is 7.50. The molecule has 2 radical (unpaired) electrons. The van der Waals surface area contributed by atoms with Gasteiger partial charge in [0.15, 0.2) is 0 Å². The molecule has 1 nitrogen and oxygen atoms in total. The number of rotatable bonds is 7. The number of carbonyl (C=O) groups excluding carboxylic acids is 1. The first kappa shape index (κ1) is 41.4. The maximum atomic E-state index is 7.50. The summed E-state index contributed by atoms with van der Waals surface area (Å²) in [5.41, 5.74) is 7.14. The van der Waals surface area contributed by atoms with Crippen molar-refractivity contribution >= 4 is 36.5 Å². The molecule has 0 bridgehead atoms. The average molecular weight is 803 g/mol. The Kier molecular flexibility index (Phi) is 22.1. The van der Waals surface area contributed by atoms with Gasteiger partial charge in [0.25, 0.3) is 6.79 Å². The molecule has 0 amide bonds. The fourth-order valence-electron chi connectivity index (χ4n) is 10.5. The van der Waals surface area contributed by atoms with Gasteiger partial charge in [-0.05, 0) is 111 Å². The van der Waals surface area contributed by atoms with Crippen molar-refractivity contribution in [2.45, 2.75) is 227 Å². The molecular formula is C43H71ClOP2Ru. The summed E-state index contributed by atoms with van der Waals surface area (Å²) in [5, 5.41) is 0. The summed E-state index contributed by atoms with van der Waals surface area (Å²) < 4.78 is 1.27. The van der Waals surface area contributed by atoms with Crippen LogP contribution in [0.3, 0.4) is 0 Å². The molecule has 0 aliphatic heterocycles. The molecule has 6 fully saturated rings. The summed E-state index contributed by atoms with van der Waals surface area (Å²) >= 11 is -0.0675. The Morgan fingerprint density at radius 2 is 0.604 bits per heavy atom. The fourth-order valence-corrected chi connectivity index (χ4v) is 20.9. The van der Waals surface area contributed by atoms with Gasteiger partial charge in [0, 0.05) is 0 Å². The van der Waals surface area contributed by atoms with Crippen molar-refractivity contribution in [2.24, 2.45) is 0 Å². The number of hydrogen-bond acceptors (Lipinski definition) is 1. The Labute approximate surface area is 312 Å². The van der Waals surface area contributed by atoms with Gasteiger partial charge in [-0.3, -0.25) is 4.79 Å². The molecule has 0 heterocycles. The molecule has 1 aromatic carbocycles. The van der Waals surface area contributed by atoms with Gasteiger partial charge < -0.3 is 0 Å². The van der Waals surface area contributed by atoms with Gasteiger partial charge in [0.2, 0.25) is 0 Å². The monoisotopic (exact) mass is 802 g/mol. The van der Waals surface area contributed by atoms with Crippen LogP contribution < -0.4 is 4.16 Å². The molecule has 274 valence electrons. The predicted octanol–water partition coefficient (Wildman–Crippen LogP) is 14.1. The molecule has 0 N–H and O–H groups in total. The standard InChI is InChI=1S/2C18H33P.C6H5.CO.ClH.Ru/c2*1-4-10-16(11-5-1)19(17-12-6-2-7-13-17)18-14-8-3-9-15-18;1-2-4-6-5-3-1;1-2;;/h2*16-18H,1-15H2;1-5H;;1H;/q;;;;;+1/p-1. The van der Waals surface area contributed by atoms with E-state index in [1.807, 2.05) is 30.3 Å². The summed E-state index contributed by atoms with van der Waals surface area (Å²) in [7, 11) is 6.39. The molecule has 7 rings (SSSR count). The topological polar surface area (TPSA) is 17.1 Å². The summed E-state index contributed by atoms with van der Waals surface area (Å²) in [5.74, 6) is 0. The van der Waals surface area contributed by atoms with E-state index >= 15 is 0 Å². The normalized spacial score (nSPS) is 24.6. The molecule has 6 saturated carbocycles. The van der Waals surface area contributed by atoms with Gasteiger partial charge in [-0.1, -0.05) is 131 Å². The van der Waals surface area contributed by atoms with Gasteiger partial charge in [-0.25, -0.2) is 0 Å². The zero-order valence-electron chi connectivity index (χ0n) is 30.6. The Balaban J connectivity index is 0.000000170. The van der Waals surface area contributed by atoms with Gasteiger partial charge in [0.05, 0.1) is 0 Å². The van der Waals surface area contributed by atoms with E-state index in [-0.39, 0.29) is 16.1 Å². The summed E-state index contributed by atoms with van der Waals surface area (Å²) in [6.07, 6.45) is 47.2. The van der Waals surface area contributed by atoms with Crippen molar-refractivity contribution in [3.05, 3.63) is 30.3 Å². The third-order valence-electron chi connectivity index (χ3n) is 12.8. The van der Waals surface area contributed by atoms with Gasteiger partial charge in [0.1, 0.15) is 0 Å². The Hall–Kier alpha value is 0.663. The van der Waals surface area contributed by atoms with E-state index in [1.54, 1.807) is 154 Å². The number of hydrogen-bond donors (Lipinski definition) is 0. The minimum atomic E-state index is -0.0675. The first-order valence-electron chi connectivity index (χ1n) is 20.9. The molecule has 0 spiro atoms. The van der Waals surface area contributed by atoms with E-state index in [2.05, 4.69) is 6.79 Å². The number of benzene rings is 1. The van der Waals surface area contributed by atoms with Crippen molar-refractivity contribution in [3.8, 4) is 0 Å². The van der Waals surface area contributed by atoms with Crippen LogP contribution >= 0.6 is 25.5 Å². The van der Waals surface area contributed by atoms with Crippen LogP contribution in [0.25, 0.3) is 0 Å². The Morgan fingerprint density at radius 3 is 0.771 bits per heavy atom. The van der Waals surface area contributed by atoms with Crippen LogP contribution in [0.4, 0.5) is 0 Å². The summed E-state index contributed by atoms with van der Waals surface area (Å²) in [6, 6.07) is 10.1. The van der Waals surface area contributed by atoms with Gasteiger partial charge >= 0.3 is 60.3 Å². The molecule has 0 atom stereocenters. The Morgan fingerprint density at radius 1 is 0.396 bits per heavy atom. The first-order chi connectivity index (χ1) is 23.8. The van der Waals surface area contributed by atoms with Crippen LogP contribution in [0.2, 0.25) is 0 Å². The van der Waals surface area contributed by atoms with E-state index in [9.17, 15) is 0 Å². The Bertz CT molecular complexity index is 759. The van der Waals surface area contributed by atoms with E-state index < -0.39 is 0 Å². The van der Waals surface area contributed by atoms with Crippen LogP contribution in [-0.4, -0.2) is 40.7 Å². The second-order valence-corrected chi connectivity index (χ2v) is 24.3. The van der Waals surface area contributed by atoms with Crippen molar-refractivity contribution in [1.82, 2.24) is 0 Å². The van der Waals surface area contributed by atoms with E-state index in [4.69, 9.17) is 14.5 Å². The first-order valence-corrected chi connectivity index (χ1v) is 27.1. The van der Waals surface area contributed by atoms with Crippen molar-refractivity contribution in [2.75, 3.05) is 0 Å². The van der Waals surface area contributed by atoms with Crippen LogP contribution in [0.15, 0.2) is 30.3 Å². The number of halogens is 1. The van der Waals surface area contributed by atoms with E-state index in [1.165, 1.54) is 76.6 Å². The van der Waals surface area contributed by atoms with Crippen molar-refractivity contribution in [3.63, 3.8) is 0 Å². The minimum absolute atomic E-state index is 0.0675. The SMILES string of the molecule is C1CCC(P(C2CCCCC2)C2CCCCC2)CC1.C1CCC(P(C2CCCCC2)C2CCCCC2)CC1.[C]=O.[Cl][Ru][c]1ccccc1. The molecule has 5 heteroatoms. The van der Waals surface area contributed by atoms with Gasteiger partial charge in [-0.15, -0.1) is 0 Å².